The lowest BCUT2D eigenvalue weighted by Crippen LogP contribution is -2.33. The molecule has 0 fully saturated rings. The number of rotatable bonds is 12. The number of Topliss-reactive ketones (excluding diaryl/α,β-unsaturated/α-hetero) is 1. The number of hydrogen-bond donors (Lipinski definition) is 0. The lowest BCUT2D eigenvalue weighted by atomic mass is 10.0. The fraction of sp³-hybridized carbons (Fsp3) is 0.611. The van der Waals surface area contributed by atoms with Gasteiger partial charge in [0.2, 0.25) is 0 Å². The predicted molar refractivity (Wildman–Crippen MR) is 116 cm³/mol. The van der Waals surface area contributed by atoms with Crippen LogP contribution in [0, 0.1) is 0 Å². The molecule has 1 unspecified atom stereocenters. The van der Waals surface area contributed by atoms with E-state index in [0.717, 1.165) is 4.47 Å². The Morgan fingerprint density at radius 1 is 0.967 bits per heavy atom. The number of azo groups is 1. The second-order valence-corrected chi connectivity index (χ2v) is 12.0. The van der Waals surface area contributed by atoms with E-state index in [2.05, 4.69) is 26.2 Å². The van der Waals surface area contributed by atoms with E-state index in [4.69, 9.17) is 18.1 Å². The molecule has 0 radical (unpaired) electrons. The number of ketones is 1. The van der Waals surface area contributed by atoms with E-state index in [1.54, 1.807) is 52.0 Å². The molecular weight excluding hydrogens is 498 g/mol. The van der Waals surface area contributed by atoms with Crippen molar-refractivity contribution in [3.8, 4) is 0 Å². The molecule has 168 valence electrons. The van der Waals surface area contributed by atoms with Gasteiger partial charge in [-0.15, -0.1) is 0 Å². The zero-order valence-corrected chi connectivity index (χ0v) is 20.8. The maximum Gasteiger partial charge on any atom is 0.372 e. The number of nitrogens with zero attached hydrogens (tertiary/aromatic N) is 2. The third kappa shape index (κ3) is 4.85. The average molecular weight is 525 g/mol. The van der Waals surface area contributed by atoms with Crippen LogP contribution in [0.2, 0.25) is 0 Å². The first kappa shape index (κ1) is 25.5. The highest BCUT2D eigenvalue weighted by atomic mass is 79.9. The van der Waals surface area contributed by atoms with Crippen molar-refractivity contribution in [2.75, 3.05) is 26.4 Å². The highest BCUT2D eigenvalue weighted by Crippen LogP contribution is 2.81. The van der Waals surface area contributed by atoms with Crippen LogP contribution in [-0.4, -0.2) is 43.3 Å². The fourth-order valence-electron chi connectivity index (χ4n) is 3.11. The van der Waals surface area contributed by atoms with Gasteiger partial charge in [0.1, 0.15) is 6.04 Å². The molecule has 1 aliphatic heterocycles. The number of halogens is 1. The molecule has 0 saturated carbocycles. The van der Waals surface area contributed by atoms with E-state index in [0.29, 0.717) is 5.56 Å². The summed E-state index contributed by atoms with van der Waals surface area (Å²) in [5, 5.41) is 6.09. The molecule has 12 heteroatoms. The van der Waals surface area contributed by atoms with Gasteiger partial charge in [0.05, 0.1) is 26.4 Å². The minimum absolute atomic E-state index is 0.0120. The van der Waals surface area contributed by atoms with Crippen LogP contribution in [0.15, 0.2) is 39.0 Å². The molecule has 1 aliphatic rings. The summed E-state index contributed by atoms with van der Waals surface area (Å²) in [5.74, 6) is -0.354. The van der Waals surface area contributed by atoms with Gasteiger partial charge >= 0.3 is 15.2 Å². The smallest absolute Gasteiger partial charge is 0.307 e. The monoisotopic (exact) mass is 524 g/mol. The standard InChI is InChI=1S/C18H27BrN2O7P2/c1-5-25-29(23,26-6-2)18(30(24,27-7-3)28-8-4)13-16(20-21-18)17(22)14-9-11-15(19)12-10-14/h9-12,16H,5-8,13H2,1-4H3. The lowest BCUT2D eigenvalue weighted by Gasteiger charge is -2.36. The maximum absolute atomic E-state index is 13.8. The first-order valence-electron chi connectivity index (χ1n) is 9.72. The van der Waals surface area contributed by atoms with Gasteiger partial charge in [-0.1, -0.05) is 28.1 Å². The summed E-state index contributed by atoms with van der Waals surface area (Å²) in [7, 11) is -8.38. The largest absolute Gasteiger partial charge is 0.372 e. The minimum atomic E-state index is -4.19. The Kier molecular flexibility index (Phi) is 9.13. The van der Waals surface area contributed by atoms with Crippen molar-refractivity contribution in [3.05, 3.63) is 34.3 Å². The van der Waals surface area contributed by atoms with Gasteiger partial charge < -0.3 is 18.1 Å². The SMILES string of the molecule is CCOP(=O)(OCC)C1(P(=O)(OCC)OCC)CC(C(=O)c2ccc(Br)cc2)N=N1. The summed E-state index contributed by atoms with van der Waals surface area (Å²) in [6, 6.07) is 5.69. The summed E-state index contributed by atoms with van der Waals surface area (Å²) in [6.45, 7) is 6.56. The molecule has 0 amide bonds. The van der Waals surface area contributed by atoms with Crippen molar-refractivity contribution < 1.29 is 32.0 Å². The van der Waals surface area contributed by atoms with Gasteiger partial charge in [-0.3, -0.25) is 13.9 Å². The zero-order valence-electron chi connectivity index (χ0n) is 17.4. The maximum atomic E-state index is 13.8. The van der Waals surface area contributed by atoms with Crippen molar-refractivity contribution in [2.45, 2.75) is 45.2 Å². The van der Waals surface area contributed by atoms with Crippen LogP contribution in [0.5, 0.6) is 0 Å². The Hall–Kier alpha value is -0.730. The summed E-state index contributed by atoms with van der Waals surface area (Å²) < 4.78 is 50.4. The van der Waals surface area contributed by atoms with Crippen LogP contribution >= 0.6 is 31.1 Å². The van der Waals surface area contributed by atoms with Crippen LogP contribution < -0.4 is 0 Å². The van der Waals surface area contributed by atoms with Crippen LogP contribution in [0.4, 0.5) is 0 Å². The molecule has 0 saturated heterocycles. The average Bonchev–Trinajstić information content (AvgIpc) is 3.17. The predicted octanol–water partition coefficient (Wildman–Crippen LogP) is 6.04. The normalized spacial score (nSPS) is 18.6. The quantitative estimate of drug-likeness (QED) is 0.242. The van der Waals surface area contributed by atoms with Crippen molar-refractivity contribution >= 4 is 36.9 Å². The van der Waals surface area contributed by atoms with E-state index >= 15 is 0 Å². The number of carbonyl (C=O) groups excluding carboxylic acids is 1. The Balaban J connectivity index is 2.54. The molecule has 0 spiro atoms. The highest BCUT2D eigenvalue weighted by molar-refractivity contribution is 9.10. The molecular formula is C18H27BrN2O7P2. The van der Waals surface area contributed by atoms with Crippen LogP contribution in [-0.2, 0) is 27.2 Å². The van der Waals surface area contributed by atoms with Gasteiger partial charge in [0, 0.05) is 16.5 Å². The van der Waals surface area contributed by atoms with E-state index in [1.807, 2.05) is 0 Å². The molecule has 1 aromatic rings. The number of benzene rings is 1. The second-order valence-electron chi connectivity index (χ2n) is 6.25. The summed E-state index contributed by atoms with van der Waals surface area (Å²) in [5.41, 5.74) is 0.392. The third-order valence-corrected chi connectivity index (χ3v) is 11.0. The summed E-state index contributed by atoms with van der Waals surface area (Å²) in [4.78, 5) is 13.0. The Bertz CT molecular complexity index is 813. The number of carbonyl (C=O) groups is 1. The molecule has 0 aliphatic carbocycles. The van der Waals surface area contributed by atoms with Crippen molar-refractivity contribution in [1.29, 1.82) is 0 Å². The van der Waals surface area contributed by atoms with Crippen molar-refractivity contribution in [1.82, 2.24) is 0 Å². The van der Waals surface area contributed by atoms with Gasteiger partial charge in [-0.05, 0) is 39.8 Å². The molecule has 0 N–H and O–H groups in total. The zero-order chi connectivity index (χ0) is 22.4. The van der Waals surface area contributed by atoms with Crippen molar-refractivity contribution in [2.24, 2.45) is 10.2 Å². The molecule has 0 bridgehead atoms. The van der Waals surface area contributed by atoms with Gasteiger partial charge in [-0.2, -0.15) is 10.2 Å². The Labute approximate surface area is 185 Å². The van der Waals surface area contributed by atoms with E-state index in [-0.39, 0.29) is 38.6 Å². The summed E-state index contributed by atoms with van der Waals surface area (Å²) >= 11 is 3.32. The number of hydrogen-bond acceptors (Lipinski definition) is 9. The molecule has 30 heavy (non-hydrogen) atoms. The first-order valence-corrected chi connectivity index (χ1v) is 13.6. The van der Waals surface area contributed by atoms with Gasteiger partial charge in [0.15, 0.2) is 5.78 Å². The topological polar surface area (TPSA) is 113 Å². The molecule has 0 aromatic heterocycles. The van der Waals surface area contributed by atoms with E-state index in [9.17, 15) is 13.9 Å². The fourth-order valence-corrected chi connectivity index (χ4v) is 8.71. The van der Waals surface area contributed by atoms with Crippen LogP contribution in [0.1, 0.15) is 44.5 Å². The van der Waals surface area contributed by atoms with Gasteiger partial charge in [-0.25, -0.2) is 0 Å². The van der Waals surface area contributed by atoms with E-state index < -0.39 is 26.3 Å². The van der Waals surface area contributed by atoms with Crippen LogP contribution in [0.25, 0.3) is 0 Å². The lowest BCUT2D eigenvalue weighted by molar-refractivity contribution is 0.0960. The van der Waals surface area contributed by atoms with E-state index in [1.165, 1.54) is 0 Å². The highest BCUT2D eigenvalue weighted by Gasteiger charge is 2.69. The minimum Gasteiger partial charge on any atom is -0.307 e. The third-order valence-electron chi connectivity index (χ3n) is 4.33. The Morgan fingerprint density at radius 2 is 1.40 bits per heavy atom. The second kappa shape index (κ2) is 10.7. The Morgan fingerprint density at radius 3 is 1.80 bits per heavy atom. The summed E-state index contributed by atoms with van der Waals surface area (Å²) in [6.07, 6.45) is -0.281. The molecule has 1 heterocycles. The van der Waals surface area contributed by atoms with Crippen molar-refractivity contribution in [3.63, 3.8) is 0 Å². The molecule has 1 atom stereocenters. The molecule has 9 nitrogen and oxygen atoms in total. The van der Waals surface area contributed by atoms with Gasteiger partial charge in [0.25, 0.3) is 5.02 Å². The molecule has 1 aromatic carbocycles. The molecule has 2 rings (SSSR count). The first-order chi connectivity index (χ1) is 14.2. The van der Waals surface area contributed by atoms with Crippen LogP contribution in [0.3, 0.4) is 0 Å².